The summed E-state index contributed by atoms with van der Waals surface area (Å²) in [7, 11) is 2.21. The van der Waals surface area contributed by atoms with Gasteiger partial charge in [0, 0.05) is 25.1 Å². The Balaban J connectivity index is 1.45. The number of carbonyl (C=O) groups excluding carboxylic acids is 1. The highest BCUT2D eigenvalue weighted by Crippen LogP contribution is 2.41. The van der Waals surface area contributed by atoms with Gasteiger partial charge in [0.1, 0.15) is 0 Å². The highest BCUT2D eigenvalue weighted by molar-refractivity contribution is 5.94. The van der Waals surface area contributed by atoms with Gasteiger partial charge in [-0.1, -0.05) is 0 Å². The number of aromatic amines is 1. The Morgan fingerprint density at radius 1 is 1.16 bits per heavy atom. The lowest BCUT2D eigenvalue weighted by Crippen LogP contribution is -2.47. The minimum Gasteiger partial charge on any atom is -0.369 e. The molecule has 4 rings (SSSR count). The maximum atomic E-state index is 13.1. The van der Waals surface area contributed by atoms with E-state index in [2.05, 4.69) is 29.1 Å². The third kappa shape index (κ3) is 3.10. The van der Waals surface area contributed by atoms with Crippen LogP contribution in [0.5, 0.6) is 0 Å². The fourth-order valence-electron chi connectivity index (χ4n) is 4.78. The first-order chi connectivity index (χ1) is 12.0. The number of hydrogen-bond donors (Lipinski definition) is 1. The monoisotopic (exact) mass is 346 g/mol. The number of nitrogens with zero attached hydrogens (tertiary/aromatic N) is 3. The van der Waals surface area contributed by atoms with E-state index in [1.54, 1.807) is 0 Å². The first-order valence-electron chi connectivity index (χ1n) is 9.68. The maximum absolute atomic E-state index is 13.1. The van der Waals surface area contributed by atoms with Crippen LogP contribution in [0, 0.1) is 5.41 Å². The van der Waals surface area contributed by atoms with E-state index in [0.29, 0.717) is 11.1 Å². The zero-order valence-electron chi connectivity index (χ0n) is 15.7. The Labute approximate surface area is 149 Å². The van der Waals surface area contributed by atoms with E-state index >= 15 is 0 Å². The van der Waals surface area contributed by atoms with Crippen molar-refractivity contribution < 1.29 is 9.53 Å². The van der Waals surface area contributed by atoms with Gasteiger partial charge in [0.2, 0.25) is 0 Å². The van der Waals surface area contributed by atoms with Crippen LogP contribution in [-0.2, 0) is 11.2 Å². The van der Waals surface area contributed by atoms with E-state index in [9.17, 15) is 4.79 Å². The van der Waals surface area contributed by atoms with Crippen LogP contribution in [0.4, 0.5) is 0 Å². The molecular weight excluding hydrogens is 316 g/mol. The summed E-state index contributed by atoms with van der Waals surface area (Å²) in [6.07, 6.45) is 5.70. The van der Waals surface area contributed by atoms with Gasteiger partial charge >= 0.3 is 0 Å². The van der Waals surface area contributed by atoms with E-state index < -0.39 is 0 Å². The number of rotatable bonds is 1. The maximum Gasteiger partial charge on any atom is 0.274 e. The van der Waals surface area contributed by atoms with E-state index in [-0.39, 0.29) is 18.1 Å². The number of ether oxygens (including phenoxy) is 1. The van der Waals surface area contributed by atoms with Crippen LogP contribution >= 0.6 is 0 Å². The number of aromatic nitrogens is 2. The molecule has 2 fully saturated rings. The molecule has 0 radical (unpaired) electrons. The lowest BCUT2D eigenvalue weighted by atomic mass is 9.71. The summed E-state index contributed by atoms with van der Waals surface area (Å²) in [5, 5.41) is 7.42. The van der Waals surface area contributed by atoms with E-state index in [1.165, 1.54) is 25.9 Å². The van der Waals surface area contributed by atoms with E-state index in [0.717, 1.165) is 43.6 Å². The molecule has 1 N–H and O–H groups in total. The van der Waals surface area contributed by atoms with Crippen molar-refractivity contribution in [2.24, 2.45) is 5.41 Å². The van der Waals surface area contributed by atoms with Crippen LogP contribution in [0.15, 0.2) is 0 Å². The van der Waals surface area contributed by atoms with Crippen molar-refractivity contribution in [3.8, 4) is 0 Å². The number of fused-ring (bicyclic) bond motifs is 1. The summed E-state index contributed by atoms with van der Waals surface area (Å²) in [6.45, 7) is 8.20. The van der Waals surface area contributed by atoms with Gasteiger partial charge in [0.15, 0.2) is 5.69 Å². The molecule has 138 valence electrons. The van der Waals surface area contributed by atoms with Crippen LogP contribution < -0.4 is 0 Å². The molecule has 0 saturated carbocycles. The molecule has 1 amide bonds. The number of likely N-dealkylation sites (tertiary alicyclic amines) is 2. The molecule has 6 nitrogen and oxygen atoms in total. The highest BCUT2D eigenvalue weighted by atomic mass is 16.5. The van der Waals surface area contributed by atoms with Gasteiger partial charge < -0.3 is 14.5 Å². The van der Waals surface area contributed by atoms with Crippen molar-refractivity contribution in [2.75, 3.05) is 33.2 Å². The van der Waals surface area contributed by atoms with Gasteiger partial charge in [-0.15, -0.1) is 0 Å². The third-order valence-electron chi connectivity index (χ3n) is 6.60. The standard InChI is InChI=1S/C19H30N4O2/c1-13-12-15-16(14(2)25-13)20-21-17(15)18(24)23-10-6-19(7-11-23)4-8-22(3)9-5-19/h13-14H,4-12H2,1-3H3,(H,20,21)/t13-,14+/m1/s1. The second kappa shape index (κ2) is 6.40. The smallest absolute Gasteiger partial charge is 0.274 e. The second-order valence-corrected chi connectivity index (χ2v) is 8.35. The molecule has 3 aliphatic heterocycles. The molecule has 1 aromatic rings. The van der Waals surface area contributed by atoms with Crippen LogP contribution in [0.2, 0.25) is 0 Å². The molecule has 1 spiro atoms. The average molecular weight is 346 g/mol. The van der Waals surface area contributed by atoms with Crippen LogP contribution in [0.1, 0.15) is 67.4 Å². The van der Waals surface area contributed by atoms with Crippen LogP contribution in [-0.4, -0.2) is 65.2 Å². The number of hydrogen-bond acceptors (Lipinski definition) is 4. The van der Waals surface area contributed by atoms with Gasteiger partial charge in [0.05, 0.1) is 17.9 Å². The number of piperidine rings is 2. The number of carbonyl (C=O) groups is 1. The molecular formula is C19H30N4O2. The molecule has 1 aromatic heterocycles. The lowest BCUT2D eigenvalue weighted by molar-refractivity contribution is -0.00707. The van der Waals surface area contributed by atoms with E-state index in [1.807, 2.05) is 11.8 Å². The topological polar surface area (TPSA) is 61.5 Å². The largest absolute Gasteiger partial charge is 0.369 e. The van der Waals surface area contributed by atoms with Crippen molar-refractivity contribution in [3.63, 3.8) is 0 Å². The van der Waals surface area contributed by atoms with Crippen molar-refractivity contribution in [3.05, 3.63) is 17.0 Å². The summed E-state index contributed by atoms with van der Waals surface area (Å²) >= 11 is 0. The highest BCUT2D eigenvalue weighted by Gasteiger charge is 2.39. The Bertz CT molecular complexity index is 638. The SMILES string of the molecule is C[C@@H]1Cc2c(C(=O)N3CCC4(CCN(C)CC4)CC3)n[nH]c2[C@H](C)O1. The Morgan fingerprint density at radius 2 is 1.80 bits per heavy atom. The van der Waals surface area contributed by atoms with Gasteiger partial charge in [-0.05, 0) is 65.1 Å². The first-order valence-corrected chi connectivity index (χ1v) is 9.68. The summed E-state index contributed by atoms with van der Waals surface area (Å²) in [6, 6.07) is 0. The van der Waals surface area contributed by atoms with Crippen molar-refractivity contribution >= 4 is 5.91 Å². The van der Waals surface area contributed by atoms with Gasteiger partial charge in [0.25, 0.3) is 5.91 Å². The molecule has 3 aliphatic rings. The molecule has 6 heteroatoms. The lowest BCUT2D eigenvalue weighted by Gasteiger charge is -2.46. The minimum absolute atomic E-state index is 0.0170. The zero-order valence-corrected chi connectivity index (χ0v) is 15.7. The molecule has 0 aliphatic carbocycles. The molecule has 0 unspecified atom stereocenters. The van der Waals surface area contributed by atoms with Crippen LogP contribution in [0.3, 0.4) is 0 Å². The predicted molar refractivity (Wildman–Crippen MR) is 95.6 cm³/mol. The quantitative estimate of drug-likeness (QED) is 0.848. The molecule has 4 heterocycles. The van der Waals surface area contributed by atoms with Gasteiger partial charge in [-0.2, -0.15) is 5.10 Å². The normalized spacial score (nSPS) is 29.6. The molecule has 25 heavy (non-hydrogen) atoms. The summed E-state index contributed by atoms with van der Waals surface area (Å²) in [4.78, 5) is 17.5. The molecule has 2 atom stereocenters. The molecule has 0 aromatic carbocycles. The van der Waals surface area contributed by atoms with Crippen molar-refractivity contribution in [1.82, 2.24) is 20.0 Å². The number of H-pyrrole nitrogens is 1. The zero-order chi connectivity index (χ0) is 17.6. The minimum atomic E-state index is -0.0170. The summed E-state index contributed by atoms with van der Waals surface area (Å²) < 4.78 is 5.83. The summed E-state index contributed by atoms with van der Waals surface area (Å²) in [5.41, 5.74) is 3.13. The Hall–Kier alpha value is -1.40. The van der Waals surface area contributed by atoms with Gasteiger partial charge in [-0.25, -0.2) is 0 Å². The van der Waals surface area contributed by atoms with E-state index in [4.69, 9.17) is 4.74 Å². The molecule has 0 bridgehead atoms. The molecule has 2 saturated heterocycles. The Kier molecular flexibility index (Phi) is 4.36. The van der Waals surface area contributed by atoms with Crippen molar-refractivity contribution in [1.29, 1.82) is 0 Å². The fourth-order valence-corrected chi connectivity index (χ4v) is 4.78. The number of amides is 1. The average Bonchev–Trinajstić information content (AvgIpc) is 3.02. The summed E-state index contributed by atoms with van der Waals surface area (Å²) in [5.74, 6) is 0.0987. The first kappa shape index (κ1) is 17.0. The van der Waals surface area contributed by atoms with Crippen molar-refractivity contribution in [2.45, 2.75) is 58.2 Å². The number of nitrogens with one attached hydrogen (secondary N) is 1. The van der Waals surface area contributed by atoms with Gasteiger partial charge in [-0.3, -0.25) is 9.89 Å². The Morgan fingerprint density at radius 3 is 2.48 bits per heavy atom. The van der Waals surface area contributed by atoms with Crippen LogP contribution in [0.25, 0.3) is 0 Å². The third-order valence-corrected chi connectivity index (χ3v) is 6.60. The second-order valence-electron chi connectivity index (χ2n) is 8.35. The predicted octanol–water partition coefficient (Wildman–Crippen LogP) is 2.38. The fraction of sp³-hybridized carbons (Fsp3) is 0.789.